The Balaban J connectivity index is 1.76. The van der Waals surface area contributed by atoms with Gasteiger partial charge in [0.25, 0.3) is 0 Å². The van der Waals surface area contributed by atoms with Crippen LogP contribution in [0.1, 0.15) is 37.7 Å². The lowest BCUT2D eigenvalue weighted by Gasteiger charge is -2.27. The predicted molar refractivity (Wildman–Crippen MR) is 92.1 cm³/mol. The van der Waals surface area contributed by atoms with Crippen molar-refractivity contribution in [1.29, 1.82) is 0 Å². The van der Waals surface area contributed by atoms with E-state index in [1.165, 1.54) is 19.3 Å². The Morgan fingerprint density at radius 1 is 1.31 bits per heavy atom. The zero-order chi connectivity index (χ0) is 19.2. The Bertz CT molecular complexity index is 635. The van der Waals surface area contributed by atoms with Crippen molar-refractivity contribution in [3.05, 3.63) is 35.9 Å². The van der Waals surface area contributed by atoms with Gasteiger partial charge in [0.2, 0.25) is 5.91 Å². The number of allylic oxidation sites excluding steroid dienone is 2. The maximum Gasteiger partial charge on any atom is 0.392 e. The van der Waals surface area contributed by atoms with Crippen LogP contribution in [0.4, 0.5) is 13.2 Å². The van der Waals surface area contributed by atoms with Crippen molar-refractivity contribution in [2.75, 3.05) is 7.11 Å². The zero-order valence-electron chi connectivity index (χ0n) is 14.7. The average Bonchev–Trinajstić information content (AvgIpc) is 2.57. The summed E-state index contributed by atoms with van der Waals surface area (Å²) in [6.45, 7) is 0. The van der Waals surface area contributed by atoms with Gasteiger partial charge in [-0.05, 0) is 49.3 Å². The molecule has 2 N–H and O–H groups in total. The van der Waals surface area contributed by atoms with E-state index in [2.05, 4.69) is 5.32 Å². The second-order valence-electron chi connectivity index (χ2n) is 6.61. The molecule has 1 aliphatic rings. The molecule has 0 atom stereocenters. The molecule has 0 saturated heterocycles. The number of phenolic OH excluding ortho intramolecular Hbond substituents is 1. The van der Waals surface area contributed by atoms with Gasteiger partial charge in [-0.3, -0.25) is 4.79 Å². The molecule has 1 aromatic carbocycles. The number of carbonyl (C=O) groups is 1. The summed E-state index contributed by atoms with van der Waals surface area (Å²) >= 11 is 0. The highest BCUT2D eigenvalue weighted by molar-refractivity contribution is 5.79. The van der Waals surface area contributed by atoms with Crippen molar-refractivity contribution in [3.8, 4) is 11.5 Å². The standard InChI is InChI=1S/C19H24F3NO3/c1-26-17-11-14(6-9-16(17)24)12-18(25)23-15-7-4-13(5-8-15)3-2-10-19(20,21)22/h2-3,6,9,11,13,15,24H,4-5,7-8,10,12H2,1H3,(H,23,25)/b3-2+/t13-,15-. The van der Waals surface area contributed by atoms with E-state index in [1.54, 1.807) is 18.2 Å². The second kappa shape index (κ2) is 8.96. The summed E-state index contributed by atoms with van der Waals surface area (Å²) in [6.07, 6.45) is 1.03. The van der Waals surface area contributed by atoms with Gasteiger partial charge in [0.05, 0.1) is 20.0 Å². The highest BCUT2D eigenvalue weighted by atomic mass is 19.4. The molecule has 2 rings (SSSR count). The number of amides is 1. The van der Waals surface area contributed by atoms with E-state index in [9.17, 15) is 23.1 Å². The number of benzene rings is 1. The number of nitrogens with one attached hydrogen (secondary N) is 1. The smallest absolute Gasteiger partial charge is 0.392 e. The van der Waals surface area contributed by atoms with E-state index in [0.29, 0.717) is 5.75 Å². The molecule has 1 fully saturated rings. The summed E-state index contributed by atoms with van der Waals surface area (Å²) < 4.78 is 41.5. The Morgan fingerprint density at radius 3 is 2.62 bits per heavy atom. The number of rotatable bonds is 6. The van der Waals surface area contributed by atoms with Crippen molar-refractivity contribution in [3.63, 3.8) is 0 Å². The van der Waals surface area contributed by atoms with E-state index in [0.717, 1.165) is 31.2 Å². The molecule has 1 aliphatic carbocycles. The quantitative estimate of drug-likeness (QED) is 0.740. The van der Waals surface area contributed by atoms with Gasteiger partial charge in [-0.1, -0.05) is 18.2 Å². The summed E-state index contributed by atoms with van der Waals surface area (Å²) in [5, 5.41) is 12.5. The Labute approximate surface area is 151 Å². The van der Waals surface area contributed by atoms with Crippen molar-refractivity contribution >= 4 is 5.91 Å². The minimum atomic E-state index is -4.15. The van der Waals surface area contributed by atoms with Gasteiger partial charge in [-0.2, -0.15) is 13.2 Å². The summed E-state index contributed by atoms with van der Waals surface area (Å²) in [6, 6.07) is 4.82. The van der Waals surface area contributed by atoms with Gasteiger partial charge in [0.15, 0.2) is 11.5 Å². The highest BCUT2D eigenvalue weighted by Crippen LogP contribution is 2.28. The van der Waals surface area contributed by atoms with Crippen LogP contribution in [0.3, 0.4) is 0 Å². The molecule has 4 nitrogen and oxygen atoms in total. The fourth-order valence-electron chi connectivity index (χ4n) is 3.15. The van der Waals surface area contributed by atoms with E-state index < -0.39 is 12.6 Å². The first-order chi connectivity index (χ1) is 12.3. The van der Waals surface area contributed by atoms with E-state index in [4.69, 9.17) is 4.74 Å². The lowest BCUT2D eigenvalue weighted by molar-refractivity contribution is -0.125. The molecule has 0 bridgehead atoms. The molecule has 0 aromatic heterocycles. The third-order valence-electron chi connectivity index (χ3n) is 4.50. The summed E-state index contributed by atoms with van der Waals surface area (Å²) in [5.41, 5.74) is 0.737. The van der Waals surface area contributed by atoms with Gasteiger partial charge >= 0.3 is 6.18 Å². The van der Waals surface area contributed by atoms with E-state index in [-0.39, 0.29) is 30.0 Å². The molecular weight excluding hydrogens is 347 g/mol. The molecule has 26 heavy (non-hydrogen) atoms. The third kappa shape index (κ3) is 6.61. The maximum atomic E-state index is 12.2. The topological polar surface area (TPSA) is 58.6 Å². The number of methoxy groups -OCH3 is 1. The van der Waals surface area contributed by atoms with Gasteiger partial charge in [0.1, 0.15) is 0 Å². The first-order valence-electron chi connectivity index (χ1n) is 8.65. The normalized spacial score (nSPS) is 20.9. The van der Waals surface area contributed by atoms with Crippen LogP contribution in [0.5, 0.6) is 11.5 Å². The van der Waals surface area contributed by atoms with Crippen LogP contribution < -0.4 is 10.1 Å². The van der Waals surface area contributed by atoms with E-state index >= 15 is 0 Å². The minimum Gasteiger partial charge on any atom is -0.504 e. The first kappa shape index (κ1) is 20.1. The van der Waals surface area contributed by atoms with Crippen LogP contribution in [-0.4, -0.2) is 30.3 Å². The SMILES string of the molecule is COc1cc(CC(=O)N[C@H]2CC[C@H](/C=C/CC(F)(F)F)CC2)ccc1O. The van der Waals surface area contributed by atoms with Crippen molar-refractivity contribution in [2.45, 2.75) is 50.7 Å². The van der Waals surface area contributed by atoms with Crippen LogP contribution in [0.15, 0.2) is 30.4 Å². The zero-order valence-corrected chi connectivity index (χ0v) is 14.7. The summed E-state index contributed by atoms with van der Waals surface area (Å²) in [7, 11) is 1.44. The van der Waals surface area contributed by atoms with Gasteiger partial charge in [0, 0.05) is 6.04 Å². The van der Waals surface area contributed by atoms with Gasteiger partial charge in [-0.25, -0.2) is 0 Å². The van der Waals surface area contributed by atoms with Crippen molar-refractivity contribution in [1.82, 2.24) is 5.32 Å². The Morgan fingerprint density at radius 2 is 2.00 bits per heavy atom. The van der Waals surface area contributed by atoms with Gasteiger partial charge in [-0.15, -0.1) is 0 Å². The second-order valence-corrected chi connectivity index (χ2v) is 6.61. The molecule has 1 aromatic rings. The number of carbonyl (C=O) groups excluding carboxylic acids is 1. The third-order valence-corrected chi connectivity index (χ3v) is 4.50. The summed E-state index contributed by atoms with van der Waals surface area (Å²) in [5.74, 6) is 0.371. The monoisotopic (exact) mass is 371 g/mol. The molecule has 1 amide bonds. The van der Waals surface area contributed by atoms with Crippen LogP contribution in [0.25, 0.3) is 0 Å². The highest BCUT2D eigenvalue weighted by Gasteiger charge is 2.25. The number of halogens is 3. The number of alkyl halides is 3. The largest absolute Gasteiger partial charge is 0.504 e. The van der Waals surface area contributed by atoms with Crippen LogP contribution in [-0.2, 0) is 11.2 Å². The molecule has 0 radical (unpaired) electrons. The predicted octanol–water partition coefficient (Wildman–Crippen LogP) is 4.13. The maximum absolute atomic E-state index is 12.2. The summed E-state index contributed by atoms with van der Waals surface area (Å²) in [4.78, 5) is 12.2. The number of hydrogen-bond acceptors (Lipinski definition) is 3. The number of hydrogen-bond donors (Lipinski definition) is 2. The molecule has 0 unspecified atom stereocenters. The van der Waals surface area contributed by atoms with Crippen molar-refractivity contribution in [2.24, 2.45) is 5.92 Å². The molecular formula is C19H24F3NO3. The lowest BCUT2D eigenvalue weighted by Crippen LogP contribution is -2.38. The molecule has 0 heterocycles. The number of aromatic hydroxyl groups is 1. The minimum absolute atomic E-state index is 0.0218. The number of phenols is 1. The van der Waals surface area contributed by atoms with Crippen LogP contribution in [0.2, 0.25) is 0 Å². The molecule has 144 valence electrons. The molecule has 0 aliphatic heterocycles. The van der Waals surface area contributed by atoms with Gasteiger partial charge < -0.3 is 15.2 Å². The Kier molecular flexibility index (Phi) is 6.94. The lowest BCUT2D eigenvalue weighted by atomic mass is 9.85. The molecule has 1 saturated carbocycles. The van der Waals surface area contributed by atoms with E-state index in [1.807, 2.05) is 0 Å². The Hall–Kier alpha value is -2.18. The number of ether oxygens (including phenoxy) is 1. The van der Waals surface area contributed by atoms with Crippen molar-refractivity contribution < 1.29 is 27.8 Å². The molecule has 0 spiro atoms. The first-order valence-corrected chi connectivity index (χ1v) is 8.65. The average molecular weight is 371 g/mol. The molecule has 7 heteroatoms. The fraction of sp³-hybridized carbons (Fsp3) is 0.526. The van der Waals surface area contributed by atoms with Crippen LogP contribution >= 0.6 is 0 Å². The fourth-order valence-corrected chi connectivity index (χ4v) is 3.15. The van der Waals surface area contributed by atoms with Crippen LogP contribution in [0, 0.1) is 5.92 Å².